The number of hydrogen-bond acceptors (Lipinski definition) is 0. The van der Waals surface area contributed by atoms with E-state index >= 15 is 0 Å². The van der Waals surface area contributed by atoms with Crippen molar-refractivity contribution in [2.24, 2.45) is 0 Å². The predicted molar refractivity (Wildman–Crippen MR) is 101 cm³/mol. The molecule has 0 unspecified atom stereocenters. The van der Waals surface area contributed by atoms with Gasteiger partial charge in [0.15, 0.2) is 0 Å². The largest absolute Gasteiger partial charge is 0.309 e. The number of aryl methyl sites for hydroxylation is 1. The third kappa shape index (κ3) is 2.08. The summed E-state index contributed by atoms with van der Waals surface area (Å²) in [6, 6.07) is 20.7. The normalized spacial score (nSPS) is 10.6. The van der Waals surface area contributed by atoms with Gasteiger partial charge in [0.2, 0.25) is 0 Å². The second-order valence-electron chi connectivity index (χ2n) is 5.92. The Morgan fingerprint density at radius 3 is 1.67 bits per heavy atom. The Hall–Kier alpha value is -3.42. The third-order valence-corrected chi connectivity index (χ3v) is 4.39. The lowest BCUT2D eigenvalue weighted by atomic mass is 10.1. The first-order valence-corrected chi connectivity index (χ1v) is 7.80. The summed E-state index contributed by atoms with van der Waals surface area (Å²) >= 11 is 0. The van der Waals surface area contributed by atoms with Crippen molar-refractivity contribution >= 4 is 21.8 Å². The minimum atomic E-state index is 0.871. The van der Waals surface area contributed by atoms with Crippen molar-refractivity contribution in [2.45, 2.75) is 6.92 Å². The Kier molecular flexibility index (Phi) is 3.16. The van der Waals surface area contributed by atoms with Crippen LogP contribution in [0.5, 0.6) is 0 Å². The first-order valence-electron chi connectivity index (χ1n) is 7.80. The van der Waals surface area contributed by atoms with Crippen LogP contribution < -0.4 is 0 Å². The number of benzene rings is 3. The molecule has 0 amide bonds. The van der Waals surface area contributed by atoms with Crippen molar-refractivity contribution in [2.75, 3.05) is 0 Å². The van der Waals surface area contributed by atoms with Gasteiger partial charge in [0.05, 0.1) is 11.0 Å². The van der Waals surface area contributed by atoms with Crippen LogP contribution in [0, 0.1) is 31.6 Å². The molecule has 0 N–H and O–H groups in total. The molecule has 0 aliphatic heterocycles. The Morgan fingerprint density at radius 2 is 1.21 bits per heavy atom. The highest BCUT2D eigenvalue weighted by atomic mass is 15.0. The van der Waals surface area contributed by atoms with Crippen LogP contribution >= 0.6 is 0 Å². The Morgan fingerprint density at radius 1 is 0.708 bits per heavy atom. The van der Waals surface area contributed by atoms with Gasteiger partial charge in [-0.3, -0.25) is 0 Å². The minimum Gasteiger partial charge on any atom is -0.309 e. The van der Waals surface area contributed by atoms with E-state index < -0.39 is 0 Å². The molecule has 0 saturated heterocycles. The SMILES string of the molecule is C#Cc1ccc2c3ccc(C#C)cc3n(-c3ccc(C)cc3)c2c1. The average Bonchev–Trinajstić information content (AvgIpc) is 2.95. The number of hydrogen-bond donors (Lipinski definition) is 0. The molecule has 1 nitrogen and oxygen atoms in total. The van der Waals surface area contributed by atoms with E-state index in [4.69, 9.17) is 12.8 Å². The van der Waals surface area contributed by atoms with E-state index in [0.717, 1.165) is 27.8 Å². The van der Waals surface area contributed by atoms with Crippen LogP contribution in [0.3, 0.4) is 0 Å². The zero-order chi connectivity index (χ0) is 16.7. The fourth-order valence-corrected chi connectivity index (χ4v) is 3.17. The highest BCUT2D eigenvalue weighted by Gasteiger charge is 2.13. The maximum absolute atomic E-state index is 5.60. The zero-order valence-corrected chi connectivity index (χ0v) is 13.4. The van der Waals surface area contributed by atoms with Crippen molar-refractivity contribution in [1.29, 1.82) is 0 Å². The summed E-state index contributed by atoms with van der Waals surface area (Å²) in [5.74, 6) is 5.46. The van der Waals surface area contributed by atoms with Crippen molar-refractivity contribution in [1.82, 2.24) is 4.57 Å². The van der Waals surface area contributed by atoms with Crippen molar-refractivity contribution in [3.63, 3.8) is 0 Å². The summed E-state index contributed by atoms with van der Waals surface area (Å²) in [7, 11) is 0. The molecule has 112 valence electrons. The molecule has 1 heteroatoms. The van der Waals surface area contributed by atoms with E-state index in [-0.39, 0.29) is 0 Å². The quantitative estimate of drug-likeness (QED) is 0.433. The van der Waals surface area contributed by atoms with Crippen molar-refractivity contribution in [3.8, 4) is 30.4 Å². The van der Waals surface area contributed by atoms with Crippen LogP contribution in [0.25, 0.3) is 27.5 Å². The molecular formula is C23H15N. The fraction of sp³-hybridized carbons (Fsp3) is 0.0435. The summed E-state index contributed by atoms with van der Waals surface area (Å²) in [5.41, 5.74) is 6.26. The topological polar surface area (TPSA) is 4.93 Å². The minimum absolute atomic E-state index is 0.871. The maximum atomic E-state index is 5.60. The van der Waals surface area contributed by atoms with Gasteiger partial charge in [-0.05, 0) is 43.3 Å². The molecular weight excluding hydrogens is 290 g/mol. The lowest BCUT2D eigenvalue weighted by molar-refractivity contribution is 1.17. The van der Waals surface area contributed by atoms with Crippen LogP contribution in [0.4, 0.5) is 0 Å². The number of fused-ring (bicyclic) bond motifs is 3. The molecule has 4 aromatic rings. The number of terminal acetylenes is 2. The van der Waals surface area contributed by atoms with Gasteiger partial charge in [-0.2, -0.15) is 0 Å². The molecule has 0 saturated carbocycles. The molecule has 0 aliphatic rings. The number of aromatic nitrogens is 1. The lowest BCUT2D eigenvalue weighted by Gasteiger charge is -2.08. The summed E-state index contributed by atoms with van der Waals surface area (Å²) in [5, 5.41) is 2.35. The van der Waals surface area contributed by atoms with E-state index in [1.54, 1.807) is 0 Å². The Bertz CT molecular complexity index is 1090. The maximum Gasteiger partial charge on any atom is 0.0553 e. The summed E-state index contributed by atoms with van der Waals surface area (Å²) in [6.45, 7) is 2.09. The van der Waals surface area contributed by atoms with Gasteiger partial charge in [0, 0.05) is 27.6 Å². The molecule has 3 aromatic carbocycles. The number of rotatable bonds is 1. The molecule has 1 heterocycles. The van der Waals surface area contributed by atoms with Gasteiger partial charge in [0.25, 0.3) is 0 Å². The first kappa shape index (κ1) is 14.2. The van der Waals surface area contributed by atoms with Crippen LogP contribution in [0.15, 0.2) is 60.7 Å². The van der Waals surface area contributed by atoms with E-state index in [1.165, 1.54) is 16.3 Å². The highest BCUT2D eigenvalue weighted by molar-refractivity contribution is 6.09. The molecule has 0 bridgehead atoms. The van der Waals surface area contributed by atoms with Crippen LogP contribution in [-0.2, 0) is 0 Å². The number of nitrogens with zero attached hydrogens (tertiary/aromatic N) is 1. The summed E-state index contributed by atoms with van der Waals surface area (Å²) in [4.78, 5) is 0. The lowest BCUT2D eigenvalue weighted by Crippen LogP contribution is -1.94. The van der Waals surface area contributed by atoms with Crippen molar-refractivity contribution < 1.29 is 0 Å². The molecule has 4 rings (SSSR count). The molecule has 1 aromatic heterocycles. The molecule has 0 atom stereocenters. The summed E-state index contributed by atoms with van der Waals surface area (Å²) in [6.07, 6.45) is 11.2. The predicted octanol–water partition coefficient (Wildman–Crippen LogP) is 5.05. The monoisotopic (exact) mass is 305 g/mol. The van der Waals surface area contributed by atoms with Crippen LogP contribution in [0.1, 0.15) is 16.7 Å². The molecule has 0 radical (unpaired) electrons. The van der Waals surface area contributed by atoms with Gasteiger partial charge < -0.3 is 4.57 Å². The van der Waals surface area contributed by atoms with Gasteiger partial charge in [-0.25, -0.2) is 0 Å². The Labute approximate surface area is 141 Å². The van der Waals surface area contributed by atoms with E-state index in [9.17, 15) is 0 Å². The average molecular weight is 305 g/mol. The van der Waals surface area contributed by atoms with Gasteiger partial charge in [0.1, 0.15) is 0 Å². The van der Waals surface area contributed by atoms with Gasteiger partial charge in [-0.15, -0.1) is 12.8 Å². The van der Waals surface area contributed by atoms with Crippen LogP contribution in [0.2, 0.25) is 0 Å². The zero-order valence-electron chi connectivity index (χ0n) is 13.4. The smallest absolute Gasteiger partial charge is 0.0553 e. The Balaban J connectivity index is 2.19. The molecule has 0 spiro atoms. The van der Waals surface area contributed by atoms with E-state index in [2.05, 4.69) is 71.9 Å². The second kappa shape index (κ2) is 5.34. The van der Waals surface area contributed by atoms with Gasteiger partial charge in [-0.1, -0.05) is 41.7 Å². The van der Waals surface area contributed by atoms with Crippen LogP contribution in [-0.4, -0.2) is 4.57 Å². The highest BCUT2D eigenvalue weighted by Crippen LogP contribution is 2.33. The first-order chi connectivity index (χ1) is 11.7. The molecule has 0 aliphatic carbocycles. The van der Waals surface area contributed by atoms with Gasteiger partial charge >= 0.3 is 0 Å². The second-order valence-corrected chi connectivity index (χ2v) is 5.92. The fourth-order valence-electron chi connectivity index (χ4n) is 3.17. The van der Waals surface area contributed by atoms with Crippen molar-refractivity contribution in [3.05, 3.63) is 77.4 Å². The molecule has 24 heavy (non-hydrogen) atoms. The molecule has 0 fully saturated rings. The van der Waals surface area contributed by atoms with E-state index in [1.807, 2.05) is 12.1 Å². The standard InChI is InChI=1S/C23H15N/c1-4-17-8-12-20-21-13-9-18(5-2)15-23(21)24(22(20)14-17)19-10-6-16(3)7-11-19/h1-2,6-15H,3H3. The third-order valence-electron chi connectivity index (χ3n) is 4.39. The van der Waals surface area contributed by atoms with E-state index in [0.29, 0.717) is 0 Å². The summed E-state index contributed by atoms with van der Waals surface area (Å²) < 4.78 is 2.23.